The van der Waals surface area contributed by atoms with E-state index in [1.165, 1.54) is 12.1 Å². The average Bonchev–Trinajstić information content (AvgIpc) is 2.29. The number of carbonyl (C=O) groups is 1. The minimum Gasteiger partial charge on any atom is -0.366 e. The molecule has 0 fully saturated rings. The Hall–Kier alpha value is -1.29. The Morgan fingerprint density at radius 1 is 1.00 bits per heavy atom. The highest BCUT2D eigenvalue weighted by Crippen LogP contribution is 2.27. The van der Waals surface area contributed by atoms with Gasteiger partial charge in [-0.3, -0.25) is 4.79 Å². The van der Waals surface area contributed by atoms with Gasteiger partial charge in [-0.2, -0.15) is 0 Å². The highest BCUT2D eigenvalue weighted by Gasteiger charge is 2.28. The smallest absolute Gasteiger partial charge is 0.162 e. The fraction of sp³-hybridized carbons (Fsp3) is 0.632. The third kappa shape index (κ3) is 8.21. The predicted molar refractivity (Wildman–Crippen MR) is 88.1 cm³/mol. The maximum atomic E-state index is 13.2. The molecule has 0 heterocycles. The molecule has 0 spiro atoms. The van der Waals surface area contributed by atoms with Crippen molar-refractivity contribution in [2.75, 3.05) is 0 Å². The molecule has 0 N–H and O–H groups in total. The summed E-state index contributed by atoms with van der Waals surface area (Å²) in [5, 5.41) is 0. The molecule has 4 heteroatoms. The van der Waals surface area contributed by atoms with E-state index in [9.17, 15) is 13.6 Å². The van der Waals surface area contributed by atoms with Crippen molar-refractivity contribution in [2.45, 2.75) is 67.1 Å². The van der Waals surface area contributed by atoms with Crippen molar-refractivity contribution in [2.24, 2.45) is 10.8 Å². The molecular formula is C19H28F2O2. The van der Waals surface area contributed by atoms with Gasteiger partial charge in [0.2, 0.25) is 0 Å². The lowest BCUT2D eigenvalue weighted by Gasteiger charge is -2.28. The molecule has 130 valence electrons. The minimum atomic E-state index is -0.642. The van der Waals surface area contributed by atoms with Gasteiger partial charge in [0.05, 0.1) is 6.61 Å². The van der Waals surface area contributed by atoms with Gasteiger partial charge in [-0.05, 0) is 34.9 Å². The summed E-state index contributed by atoms with van der Waals surface area (Å²) in [6.07, 6.45) is 0.408. The lowest BCUT2D eigenvalue weighted by molar-refractivity contribution is -0.135. The van der Waals surface area contributed by atoms with E-state index >= 15 is 0 Å². The minimum absolute atomic E-state index is 0.0192. The van der Waals surface area contributed by atoms with Crippen LogP contribution in [0.5, 0.6) is 0 Å². The third-order valence-electron chi connectivity index (χ3n) is 3.23. The molecule has 1 aromatic carbocycles. The topological polar surface area (TPSA) is 26.3 Å². The zero-order chi connectivity index (χ0) is 17.8. The quantitative estimate of drug-likeness (QED) is 0.710. The van der Waals surface area contributed by atoms with Gasteiger partial charge in [0.1, 0.15) is 17.7 Å². The van der Waals surface area contributed by atoms with Crippen LogP contribution in [0.25, 0.3) is 0 Å². The van der Waals surface area contributed by atoms with Crippen molar-refractivity contribution >= 4 is 5.78 Å². The molecule has 23 heavy (non-hydrogen) atoms. The van der Waals surface area contributed by atoms with E-state index in [2.05, 4.69) is 0 Å². The summed E-state index contributed by atoms with van der Waals surface area (Å²) < 4.78 is 32.2. The van der Waals surface area contributed by atoms with E-state index in [0.717, 1.165) is 6.07 Å². The van der Waals surface area contributed by atoms with Crippen molar-refractivity contribution < 1.29 is 18.3 Å². The van der Waals surface area contributed by atoms with Crippen LogP contribution < -0.4 is 0 Å². The molecule has 0 aromatic heterocycles. The van der Waals surface area contributed by atoms with Crippen molar-refractivity contribution in [3.63, 3.8) is 0 Å². The van der Waals surface area contributed by atoms with E-state index < -0.39 is 17.7 Å². The molecule has 1 rings (SSSR count). The molecule has 0 radical (unpaired) electrons. The summed E-state index contributed by atoms with van der Waals surface area (Å²) in [7, 11) is 0. The lowest BCUT2D eigenvalue weighted by atomic mass is 9.83. The summed E-state index contributed by atoms with van der Waals surface area (Å²) >= 11 is 0. The van der Waals surface area contributed by atoms with Gasteiger partial charge >= 0.3 is 0 Å². The van der Waals surface area contributed by atoms with E-state index in [4.69, 9.17) is 4.74 Å². The summed E-state index contributed by atoms with van der Waals surface area (Å²) in [5.74, 6) is -1.25. The zero-order valence-corrected chi connectivity index (χ0v) is 15.0. The predicted octanol–water partition coefficient (Wildman–Crippen LogP) is 5.29. The standard InChI is InChI=1S/C19H28F2O2/c1-18(2,3)10-16(22)17(11-19(4,5)6)23-12-13-7-14(20)9-15(21)8-13/h7-9,17H,10-12H2,1-6H3. The number of ether oxygens (including phenoxy) is 1. The van der Waals surface area contributed by atoms with Crippen LogP contribution >= 0.6 is 0 Å². The Bertz CT molecular complexity index is 519. The molecule has 0 saturated heterocycles. The maximum Gasteiger partial charge on any atom is 0.162 e. The van der Waals surface area contributed by atoms with E-state index in [1.807, 2.05) is 41.5 Å². The zero-order valence-electron chi connectivity index (χ0n) is 15.0. The summed E-state index contributed by atoms with van der Waals surface area (Å²) in [4.78, 5) is 12.5. The number of benzene rings is 1. The van der Waals surface area contributed by atoms with Crippen molar-refractivity contribution in [3.05, 3.63) is 35.4 Å². The van der Waals surface area contributed by atoms with E-state index in [-0.39, 0.29) is 23.2 Å². The molecule has 1 aromatic rings. The van der Waals surface area contributed by atoms with Crippen LogP contribution in [-0.4, -0.2) is 11.9 Å². The van der Waals surface area contributed by atoms with Gasteiger partial charge in [0.15, 0.2) is 5.78 Å². The maximum absolute atomic E-state index is 13.2. The third-order valence-corrected chi connectivity index (χ3v) is 3.23. The lowest BCUT2D eigenvalue weighted by Crippen LogP contribution is -2.31. The highest BCUT2D eigenvalue weighted by molar-refractivity contribution is 5.83. The van der Waals surface area contributed by atoms with Crippen molar-refractivity contribution in [3.8, 4) is 0 Å². The van der Waals surface area contributed by atoms with Gasteiger partial charge in [0.25, 0.3) is 0 Å². The number of Topliss-reactive ketones (excluding diaryl/α,β-unsaturated/α-hetero) is 1. The summed E-state index contributed by atoms with van der Waals surface area (Å²) in [5.41, 5.74) is 0.192. The van der Waals surface area contributed by atoms with E-state index in [0.29, 0.717) is 18.4 Å². The number of rotatable bonds is 6. The largest absolute Gasteiger partial charge is 0.366 e. The summed E-state index contributed by atoms with van der Waals surface area (Å²) in [6, 6.07) is 3.28. The Morgan fingerprint density at radius 3 is 1.96 bits per heavy atom. The molecule has 0 saturated carbocycles. The first kappa shape index (κ1) is 19.8. The van der Waals surface area contributed by atoms with Crippen LogP contribution in [0.1, 0.15) is 59.9 Å². The first-order chi connectivity index (χ1) is 10.4. The van der Waals surface area contributed by atoms with E-state index in [1.54, 1.807) is 0 Å². The number of hydrogen-bond donors (Lipinski definition) is 0. The van der Waals surface area contributed by atoms with Gasteiger partial charge in [-0.15, -0.1) is 0 Å². The number of halogens is 2. The van der Waals surface area contributed by atoms with Crippen LogP contribution in [0.4, 0.5) is 8.78 Å². The van der Waals surface area contributed by atoms with Crippen LogP contribution in [0.2, 0.25) is 0 Å². The first-order valence-electron chi connectivity index (χ1n) is 7.95. The summed E-state index contributed by atoms with van der Waals surface area (Å²) in [6.45, 7) is 12.1. The average molecular weight is 326 g/mol. The monoisotopic (exact) mass is 326 g/mol. The van der Waals surface area contributed by atoms with Gasteiger partial charge in [0, 0.05) is 12.5 Å². The Labute approximate surface area is 138 Å². The number of hydrogen-bond acceptors (Lipinski definition) is 2. The Morgan fingerprint density at radius 2 is 1.52 bits per heavy atom. The molecule has 1 unspecified atom stereocenters. The Balaban J connectivity index is 2.82. The second-order valence-corrected chi connectivity index (χ2v) is 8.55. The molecular weight excluding hydrogens is 298 g/mol. The second-order valence-electron chi connectivity index (χ2n) is 8.55. The fourth-order valence-electron chi connectivity index (χ4n) is 2.35. The van der Waals surface area contributed by atoms with Crippen molar-refractivity contribution in [1.29, 1.82) is 0 Å². The molecule has 1 atom stereocenters. The molecule has 2 nitrogen and oxygen atoms in total. The molecule has 0 aliphatic heterocycles. The molecule has 0 aliphatic carbocycles. The highest BCUT2D eigenvalue weighted by atomic mass is 19.1. The first-order valence-corrected chi connectivity index (χ1v) is 7.95. The van der Waals surface area contributed by atoms with Crippen LogP contribution in [-0.2, 0) is 16.1 Å². The SMILES string of the molecule is CC(C)(C)CC(=O)C(CC(C)(C)C)OCc1cc(F)cc(F)c1. The van der Waals surface area contributed by atoms with Gasteiger partial charge in [-0.25, -0.2) is 8.78 Å². The van der Waals surface area contributed by atoms with Gasteiger partial charge in [-0.1, -0.05) is 41.5 Å². The number of ketones is 1. The van der Waals surface area contributed by atoms with Crippen molar-refractivity contribution in [1.82, 2.24) is 0 Å². The normalized spacial score (nSPS) is 13.9. The van der Waals surface area contributed by atoms with Crippen LogP contribution in [0, 0.1) is 22.5 Å². The molecule has 0 bridgehead atoms. The van der Waals surface area contributed by atoms with Crippen LogP contribution in [0.15, 0.2) is 18.2 Å². The molecule has 0 amide bonds. The number of carbonyl (C=O) groups excluding carboxylic acids is 1. The van der Waals surface area contributed by atoms with Gasteiger partial charge < -0.3 is 4.74 Å². The van der Waals surface area contributed by atoms with Crippen LogP contribution in [0.3, 0.4) is 0 Å². The second kappa shape index (κ2) is 7.52. The molecule has 0 aliphatic rings. The fourth-order valence-corrected chi connectivity index (χ4v) is 2.35. The Kier molecular flexibility index (Phi) is 6.46.